The van der Waals surface area contributed by atoms with Crippen LogP contribution in [0.1, 0.15) is 46.0 Å². The smallest absolute Gasteiger partial charge is 0.337 e. The second kappa shape index (κ2) is 10.5. The lowest BCUT2D eigenvalue weighted by Crippen LogP contribution is -2.46. The van der Waals surface area contributed by atoms with Crippen molar-refractivity contribution in [3.05, 3.63) is 70.1 Å². The number of amides is 2. The van der Waals surface area contributed by atoms with Crippen molar-refractivity contribution in [1.82, 2.24) is 14.8 Å². The SMILES string of the molecule is COC(=O)c1ccc2c(c1)c(C(C)=O)cn2CC(=O)N1CCC[C@H]1C(=O)NCc1cccc(Cl)c1F. The molecule has 0 aliphatic carbocycles. The molecule has 0 spiro atoms. The van der Waals surface area contributed by atoms with E-state index in [1.54, 1.807) is 35.0 Å². The molecule has 2 amide bonds. The number of halogens is 2. The molecule has 188 valence electrons. The molecule has 1 atom stereocenters. The van der Waals surface area contributed by atoms with Gasteiger partial charge in [0.05, 0.1) is 17.7 Å². The number of fused-ring (bicyclic) bond motifs is 1. The van der Waals surface area contributed by atoms with Gasteiger partial charge in [0, 0.05) is 41.3 Å². The Morgan fingerprint density at radius 3 is 2.69 bits per heavy atom. The van der Waals surface area contributed by atoms with Crippen LogP contribution in [0.25, 0.3) is 10.9 Å². The number of likely N-dealkylation sites (tertiary alicyclic amines) is 1. The van der Waals surface area contributed by atoms with Crippen molar-refractivity contribution >= 4 is 46.1 Å². The third kappa shape index (κ3) is 4.97. The first-order chi connectivity index (χ1) is 17.2. The Balaban J connectivity index is 1.51. The van der Waals surface area contributed by atoms with Crippen molar-refractivity contribution < 1.29 is 28.3 Å². The number of hydrogen-bond acceptors (Lipinski definition) is 5. The van der Waals surface area contributed by atoms with E-state index in [1.165, 1.54) is 31.1 Å². The lowest BCUT2D eigenvalue weighted by molar-refractivity contribution is -0.138. The van der Waals surface area contributed by atoms with E-state index in [0.29, 0.717) is 41.4 Å². The van der Waals surface area contributed by atoms with Crippen molar-refractivity contribution in [3.8, 4) is 0 Å². The highest BCUT2D eigenvalue weighted by Gasteiger charge is 2.34. The Morgan fingerprint density at radius 1 is 1.19 bits per heavy atom. The Bertz CT molecular complexity index is 1370. The number of hydrogen-bond donors (Lipinski definition) is 1. The Labute approximate surface area is 212 Å². The summed E-state index contributed by atoms with van der Waals surface area (Å²) in [6, 6.07) is 8.69. The Kier molecular flexibility index (Phi) is 7.40. The van der Waals surface area contributed by atoms with E-state index in [-0.39, 0.29) is 41.3 Å². The van der Waals surface area contributed by atoms with Crippen LogP contribution >= 0.6 is 11.6 Å². The molecule has 0 saturated carbocycles. The van der Waals surface area contributed by atoms with Gasteiger partial charge < -0.3 is 19.5 Å². The summed E-state index contributed by atoms with van der Waals surface area (Å²) in [5.41, 5.74) is 1.54. The maximum absolute atomic E-state index is 14.2. The van der Waals surface area contributed by atoms with Gasteiger partial charge in [-0.1, -0.05) is 23.7 Å². The second-order valence-electron chi connectivity index (χ2n) is 8.63. The topological polar surface area (TPSA) is 97.7 Å². The van der Waals surface area contributed by atoms with Crippen molar-refractivity contribution in [2.45, 2.75) is 38.9 Å². The summed E-state index contributed by atoms with van der Waals surface area (Å²) in [6.07, 6.45) is 2.73. The van der Waals surface area contributed by atoms with E-state index in [0.717, 1.165) is 0 Å². The first-order valence-electron chi connectivity index (χ1n) is 11.4. The summed E-state index contributed by atoms with van der Waals surface area (Å²) in [6.45, 7) is 1.69. The average Bonchev–Trinajstić information content (AvgIpc) is 3.49. The number of nitrogens with one attached hydrogen (secondary N) is 1. The molecule has 1 aliphatic rings. The summed E-state index contributed by atoms with van der Waals surface area (Å²) in [4.78, 5) is 51.8. The van der Waals surface area contributed by atoms with Crippen LogP contribution in [-0.4, -0.2) is 52.7 Å². The number of Topliss-reactive ketones (excluding diaryl/α,β-unsaturated/α-hetero) is 1. The van der Waals surface area contributed by atoms with Gasteiger partial charge in [-0.15, -0.1) is 0 Å². The number of carbonyl (C=O) groups is 4. The molecule has 1 aliphatic heterocycles. The van der Waals surface area contributed by atoms with Crippen LogP contribution in [0, 0.1) is 5.82 Å². The normalized spacial score (nSPS) is 15.2. The van der Waals surface area contributed by atoms with E-state index in [2.05, 4.69) is 5.32 Å². The predicted molar refractivity (Wildman–Crippen MR) is 131 cm³/mol. The number of ether oxygens (including phenoxy) is 1. The quantitative estimate of drug-likeness (QED) is 0.383. The minimum absolute atomic E-state index is 0.0259. The summed E-state index contributed by atoms with van der Waals surface area (Å²) in [5.74, 6) is -1.98. The summed E-state index contributed by atoms with van der Waals surface area (Å²) in [5, 5.41) is 3.22. The number of benzene rings is 2. The highest BCUT2D eigenvalue weighted by molar-refractivity contribution is 6.30. The average molecular weight is 514 g/mol. The van der Waals surface area contributed by atoms with Gasteiger partial charge >= 0.3 is 5.97 Å². The van der Waals surface area contributed by atoms with Gasteiger partial charge in [0.15, 0.2) is 5.78 Å². The zero-order valence-electron chi connectivity index (χ0n) is 19.8. The molecule has 1 aromatic heterocycles. The monoisotopic (exact) mass is 513 g/mol. The molecule has 10 heteroatoms. The van der Waals surface area contributed by atoms with Crippen LogP contribution in [0.3, 0.4) is 0 Å². The molecular formula is C26H25ClFN3O5. The lowest BCUT2D eigenvalue weighted by Gasteiger charge is -2.24. The molecule has 2 heterocycles. The van der Waals surface area contributed by atoms with Crippen LogP contribution in [0.4, 0.5) is 4.39 Å². The zero-order chi connectivity index (χ0) is 26.0. The molecule has 3 aromatic rings. The molecule has 0 bridgehead atoms. The third-order valence-corrected chi connectivity index (χ3v) is 6.64. The number of carbonyl (C=O) groups excluding carboxylic acids is 4. The Hall–Kier alpha value is -3.72. The zero-order valence-corrected chi connectivity index (χ0v) is 20.6. The molecule has 1 fully saturated rings. The van der Waals surface area contributed by atoms with E-state index < -0.39 is 17.8 Å². The minimum atomic E-state index is -0.681. The van der Waals surface area contributed by atoms with Gasteiger partial charge in [0.1, 0.15) is 18.4 Å². The van der Waals surface area contributed by atoms with Gasteiger partial charge in [-0.05, 0) is 44.0 Å². The summed E-state index contributed by atoms with van der Waals surface area (Å²) < 4.78 is 20.6. The number of ketones is 1. The molecule has 4 rings (SSSR count). The second-order valence-corrected chi connectivity index (χ2v) is 9.03. The van der Waals surface area contributed by atoms with Crippen molar-refractivity contribution in [2.24, 2.45) is 0 Å². The number of nitrogens with zero attached hydrogens (tertiary/aromatic N) is 2. The molecule has 36 heavy (non-hydrogen) atoms. The van der Waals surface area contributed by atoms with E-state index in [9.17, 15) is 23.6 Å². The molecule has 1 N–H and O–H groups in total. The fourth-order valence-electron chi connectivity index (χ4n) is 4.51. The summed E-state index contributed by atoms with van der Waals surface area (Å²) >= 11 is 5.81. The number of rotatable bonds is 7. The maximum Gasteiger partial charge on any atom is 0.337 e. The molecule has 1 saturated heterocycles. The molecule has 8 nitrogen and oxygen atoms in total. The molecule has 0 unspecified atom stereocenters. The minimum Gasteiger partial charge on any atom is -0.465 e. The molecule has 2 aromatic carbocycles. The van der Waals surface area contributed by atoms with E-state index in [4.69, 9.17) is 16.3 Å². The Morgan fingerprint density at radius 2 is 1.97 bits per heavy atom. The van der Waals surface area contributed by atoms with Crippen LogP contribution < -0.4 is 5.32 Å². The standard InChI is InChI=1S/C26H25ClFN3O5/c1-15(32)19-13-30(21-9-8-16(11-18(19)21)26(35)36-2)14-23(33)31-10-4-7-22(31)25(34)29-12-17-5-3-6-20(27)24(17)28/h3,5-6,8-9,11,13,22H,4,7,10,12,14H2,1-2H3,(H,29,34)/t22-/m0/s1. The first-order valence-corrected chi connectivity index (χ1v) is 11.8. The number of methoxy groups -OCH3 is 1. The largest absolute Gasteiger partial charge is 0.465 e. The molecular weight excluding hydrogens is 489 g/mol. The first kappa shape index (κ1) is 25.4. The van der Waals surface area contributed by atoms with Crippen LogP contribution in [0.15, 0.2) is 42.6 Å². The highest BCUT2D eigenvalue weighted by atomic mass is 35.5. The van der Waals surface area contributed by atoms with Crippen molar-refractivity contribution in [2.75, 3.05) is 13.7 Å². The predicted octanol–water partition coefficient (Wildman–Crippen LogP) is 3.73. The third-order valence-electron chi connectivity index (χ3n) is 6.35. The van der Waals surface area contributed by atoms with Crippen LogP contribution in [0.5, 0.6) is 0 Å². The maximum atomic E-state index is 14.2. The van der Waals surface area contributed by atoms with E-state index >= 15 is 0 Å². The van der Waals surface area contributed by atoms with E-state index in [1.807, 2.05) is 0 Å². The molecule has 0 radical (unpaired) electrons. The highest BCUT2D eigenvalue weighted by Crippen LogP contribution is 2.26. The van der Waals surface area contributed by atoms with Crippen molar-refractivity contribution in [1.29, 1.82) is 0 Å². The lowest BCUT2D eigenvalue weighted by atomic mass is 10.1. The van der Waals surface area contributed by atoms with Gasteiger partial charge in [0.25, 0.3) is 0 Å². The van der Waals surface area contributed by atoms with Crippen LogP contribution in [-0.2, 0) is 27.4 Å². The van der Waals surface area contributed by atoms with Crippen molar-refractivity contribution in [3.63, 3.8) is 0 Å². The van der Waals surface area contributed by atoms with Crippen LogP contribution in [0.2, 0.25) is 5.02 Å². The fourth-order valence-corrected chi connectivity index (χ4v) is 4.71. The van der Waals surface area contributed by atoms with Gasteiger partial charge in [-0.3, -0.25) is 14.4 Å². The number of aromatic nitrogens is 1. The van der Waals surface area contributed by atoms with Gasteiger partial charge in [0.2, 0.25) is 11.8 Å². The summed E-state index contributed by atoms with van der Waals surface area (Å²) in [7, 11) is 1.27. The number of esters is 1. The van der Waals surface area contributed by atoms with Gasteiger partial charge in [-0.2, -0.15) is 0 Å². The fraction of sp³-hybridized carbons (Fsp3) is 0.308. The van der Waals surface area contributed by atoms with Gasteiger partial charge in [-0.25, -0.2) is 9.18 Å².